The van der Waals surface area contributed by atoms with Crippen LogP contribution in [0.4, 0.5) is 5.69 Å². The number of ether oxygens (including phenoxy) is 2. The number of carbonyl (C=O) groups excluding carboxylic acids is 2. The minimum Gasteiger partial charge on any atom is -0.493 e. The van der Waals surface area contributed by atoms with E-state index < -0.39 is 0 Å². The highest BCUT2D eigenvalue weighted by molar-refractivity contribution is 5.97. The van der Waals surface area contributed by atoms with E-state index in [9.17, 15) is 9.59 Å². The molecule has 0 atom stereocenters. The largest absolute Gasteiger partial charge is 0.493 e. The van der Waals surface area contributed by atoms with Crippen molar-refractivity contribution >= 4 is 17.5 Å². The summed E-state index contributed by atoms with van der Waals surface area (Å²) in [4.78, 5) is 25.1. The number of benzene rings is 2. The predicted molar refractivity (Wildman–Crippen MR) is 117 cm³/mol. The van der Waals surface area contributed by atoms with E-state index >= 15 is 0 Å². The quantitative estimate of drug-likeness (QED) is 0.670. The lowest BCUT2D eigenvalue weighted by Crippen LogP contribution is -2.25. The first-order chi connectivity index (χ1) is 14.6. The van der Waals surface area contributed by atoms with Crippen LogP contribution in [0.15, 0.2) is 42.5 Å². The highest BCUT2D eigenvalue weighted by Gasteiger charge is 2.21. The number of hydrogen-bond donors (Lipinski definition) is 2. The summed E-state index contributed by atoms with van der Waals surface area (Å²) in [5, 5.41) is 5.88. The van der Waals surface area contributed by atoms with Gasteiger partial charge in [-0.05, 0) is 55.7 Å². The van der Waals surface area contributed by atoms with Gasteiger partial charge in [0.15, 0.2) is 11.5 Å². The zero-order chi connectivity index (χ0) is 21.3. The molecule has 30 heavy (non-hydrogen) atoms. The first-order valence-electron chi connectivity index (χ1n) is 10.6. The van der Waals surface area contributed by atoms with Crippen LogP contribution in [0.1, 0.15) is 54.9 Å². The van der Waals surface area contributed by atoms with Crippen molar-refractivity contribution in [2.45, 2.75) is 45.6 Å². The van der Waals surface area contributed by atoms with E-state index in [0.717, 1.165) is 31.2 Å². The van der Waals surface area contributed by atoms with E-state index in [1.807, 2.05) is 31.2 Å². The second kappa shape index (κ2) is 10.7. The lowest BCUT2D eigenvalue weighted by molar-refractivity contribution is -0.120. The van der Waals surface area contributed by atoms with Crippen molar-refractivity contribution in [3.8, 4) is 11.5 Å². The summed E-state index contributed by atoms with van der Waals surface area (Å²) in [6.45, 7) is 2.83. The van der Waals surface area contributed by atoms with Crippen LogP contribution in [0.3, 0.4) is 0 Å². The standard InChI is InChI=1S/C24H30N2O4/c1-3-30-21-13-12-17(14-22(21)29-2)16-25-23(27)19-10-7-11-20(15-19)26-24(28)18-8-5-4-6-9-18/h7,10-15,18H,3-6,8-9,16H2,1-2H3,(H,25,27)(H,26,28). The predicted octanol–water partition coefficient (Wildman–Crippen LogP) is 4.54. The summed E-state index contributed by atoms with van der Waals surface area (Å²) in [6, 6.07) is 12.6. The Morgan fingerprint density at radius 3 is 2.57 bits per heavy atom. The summed E-state index contributed by atoms with van der Waals surface area (Å²) in [5.74, 6) is 1.24. The van der Waals surface area contributed by atoms with Gasteiger partial charge in [0, 0.05) is 23.7 Å². The van der Waals surface area contributed by atoms with Crippen LogP contribution >= 0.6 is 0 Å². The van der Waals surface area contributed by atoms with E-state index in [-0.39, 0.29) is 17.7 Å². The van der Waals surface area contributed by atoms with Gasteiger partial charge in [-0.1, -0.05) is 31.4 Å². The Kier molecular flexibility index (Phi) is 7.71. The second-order valence-electron chi connectivity index (χ2n) is 7.51. The minimum atomic E-state index is -0.198. The Balaban J connectivity index is 1.59. The van der Waals surface area contributed by atoms with Crippen molar-refractivity contribution in [1.29, 1.82) is 0 Å². The van der Waals surface area contributed by atoms with Gasteiger partial charge in [0.05, 0.1) is 13.7 Å². The Morgan fingerprint density at radius 2 is 1.83 bits per heavy atom. The zero-order valence-electron chi connectivity index (χ0n) is 17.7. The Morgan fingerprint density at radius 1 is 1.03 bits per heavy atom. The molecule has 1 aliphatic carbocycles. The van der Waals surface area contributed by atoms with Gasteiger partial charge in [-0.15, -0.1) is 0 Å². The average Bonchev–Trinajstić information content (AvgIpc) is 2.79. The molecule has 1 saturated carbocycles. The maximum Gasteiger partial charge on any atom is 0.251 e. The zero-order valence-corrected chi connectivity index (χ0v) is 17.7. The molecule has 0 heterocycles. The highest BCUT2D eigenvalue weighted by Crippen LogP contribution is 2.28. The summed E-state index contributed by atoms with van der Waals surface area (Å²) in [6.07, 6.45) is 5.31. The van der Waals surface area contributed by atoms with Gasteiger partial charge in [0.1, 0.15) is 0 Å². The normalized spacial score (nSPS) is 14.1. The number of carbonyl (C=O) groups is 2. The topological polar surface area (TPSA) is 76.7 Å². The SMILES string of the molecule is CCOc1ccc(CNC(=O)c2cccc(NC(=O)C3CCCCC3)c2)cc1OC. The average molecular weight is 411 g/mol. The fourth-order valence-corrected chi connectivity index (χ4v) is 3.73. The van der Waals surface area contributed by atoms with E-state index in [1.165, 1.54) is 6.42 Å². The van der Waals surface area contributed by atoms with Gasteiger partial charge in [0.25, 0.3) is 5.91 Å². The summed E-state index contributed by atoms with van der Waals surface area (Å²) < 4.78 is 10.9. The second-order valence-corrected chi connectivity index (χ2v) is 7.51. The number of rotatable bonds is 8. The maximum atomic E-state index is 12.6. The number of hydrogen-bond acceptors (Lipinski definition) is 4. The lowest BCUT2D eigenvalue weighted by atomic mass is 9.88. The molecule has 0 unspecified atom stereocenters. The number of amides is 2. The molecule has 1 aliphatic rings. The molecule has 2 aromatic rings. The molecule has 160 valence electrons. The molecule has 2 aromatic carbocycles. The van der Waals surface area contributed by atoms with Crippen molar-refractivity contribution in [3.05, 3.63) is 53.6 Å². The minimum absolute atomic E-state index is 0.0498. The molecule has 1 fully saturated rings. The van der Waals surface area contributed by atoms with Crippen LogP contribution in [0.5, 0.6) is 11.5 Å². The number of nitrogens with one attached hydrogen (secondary N) is 2. The van der Waals surface area contributed by atoms with E-state index in [4.69, 9.17) is 9.47 Å². The van der Waals surface area contributed by atoms with Crippen molar-refractivity contribution in [3.63, 3.8) is 0 Å². The van der Waals surface area contributed by atoms with E-state index in [1.54, 1.807) is 25.3 Å². The van der Waals surface area contributed by atoms with E-state index in [0.29, 0.717) is 35.9 Å². The fourth-order valence-electron chi connectivity index (χ4n) is 3.73. The Hall–Kier alpha value is -3.02. The molecule has 0 saturated heterocycles. The molecule has 0 bridgehead atoms. The van der Waals surface area contributed by atoms with Crippen molar-refractivity contribution in [2.24, 2.45) is 5.92 Å². The fraction of sp³-hybridized carbons (Fsp3) is 0.417. The van der Waals surface area contributed by atoms with Crippen molar-refractivity contribution in [2.75, 3.05) is 19.0 Å². The molecule has 2 N–H and O–H groups in total. The third-order valence-electron chi connectivity index (χ3n) is 5.35. The number of methoxy groups -OCH3 is 1. The third kappa shape index (κ3) is 5.75. The van der Waals surface area contributed by atoms with Gasteiger partial charge in [-0.2, -0.15) is 0 Å². The molecule has 0 spiro atoms. The third-order valence-corrected chi connectivity index (χ3v) is 5.35. The summed E-state index contributed by atoms with van der Waals surface area (Å²) >= 11 is 0. The van der Waals surface area contributed by atoms with Crippen molar-refractivity contribution < 1.29 is 19.1 Å². The monoisotopic (exact) mass is 410 g/mol. The first-order valence-corrected chi connectivity index (χ1v) is 10.6. The molecule has 2 amide bonds. The van der Waals surface area contributed by atoms with E-state index in [2.05, 4.69) is 10.6 Å². The molecular formula is C24H30N2O4. The van der Waals surface area contributed by atoms with Gasteiger partial charge in [0.2, 0.25) is 5.91 Å². The van der Waals surface area contributed by atoms with Crippen molar-refractivity contribution in [1.82, 2.24) is 5.32 Å². The molecule has 6 nitrogen and oxygen atoms in total. The maximum absolute atomic E-state index is 12.6. The highest BCUT2D eigenvalue weighted by atomic mass is 16.5. The van der Waals surface area contributed by atoms with Crippen LogP contribution in [0, 0.1) is 5.92 Å². The van der Waals surface area contributed by atoms with Gasteiger partial charge >= 0.3 is 0 Å². The van der Waals surface area contributed by atoms with Gasteiger partial charge < -0.3 is 20.1 Å². The van der Waals surface area contributed by atoms with Gasteiger partial charge in [-0.25, -0.2) is 0 Å². The van der Waals surface area contributed by atoms with Gasteiger partial charge in [-0.3, -0.25) is 9.59 Å². The number of anilines is 1. The molecule has 6 heteroatoms. The molecular weight excluding hydrogens is 380 g/mol. The molecule has 0 aromatic heterocycles. The molecule has 0 aliphatic heterocycles. The first kappa shape index (κ1) is 21.7. The van der Waals surface area contributed by atoms with Crippen LogP contribution in [0.2, 0.25) is 0 Å². The van der Waals surface area contributed by atoms with Crippen LogP contribution in [-0.2, 0) is 11.3 Å². The molecule has 0 radical (unpaired) electrons. The summed E-state index contributed by atoms with van der Waals surface area (Å²) in [5.41, 5.74) is 2.07. The van der Waals surface area contributed by atoms with Crippen LogP contribution < -0.4 is 20.1 Å². The van der Waals surface area contributed by atoms with Crippen LogP contribution in [0.25, 0.3) is 0 Å². The van der Waals surface area contributed by atoms with Crippen LogP contribution in [-0.4, -0.2) is 25.5 Å². The molecule has 3 rings (SSSR count). The smallest absolute Gasteiger partial charge is 0.251 e. The lowest BCUT2D eigenvalue weighted by Gasteiger charge is -2.20. The Bertz CT molecular complexity index is 875. The Labute approximate surface area is 178 Å². The summed E-state index contributed by atoms with van der Waals surface area (Å²) in [7, 11) is 1.59.